The van der Waals surface area contributed by atoms with Crippen molar-refractivity contribution in [2.45, 2.75) is 13.0 Å². The quantitative estimate of drug-likeness (QED) is 0.754. The molecule has 2 heteroatoms. The molecule has 0 amide bonds. The summed E-state index contributed by atoms with van der Waals surface area (Å²) in [6.45, 7) is 4.46. The molecule has 1 aromatic rings. The highest BCUT2D eigenvalue weighted by atomic mass is 15.0. The van der Waals surface area contributed by atoms with Gasteiger partial charge in [-0.3, -0.25) is 0 Å². The van der Waals surface area contributed by atoms with Crippen molar-refractivity contribution < 1.29 is 0 Å². The molecule has 1 unspecified atom stereocenters. The van der Waals surface area contributed by atoms with E-state index >= 15 is 0 Å². The second-order valence-electron chi connectivity index (χ2n) is 4.04. The Kier molecular flexibility index (Phi) is 2.85. The molecule has 0 aromatic heterocycles. The normalized spacial score (nSPS) is 19.0. The summed E-state index contributed by atoms with van der Waals surface area (Å²) in [7, 11) is 2.05. The van der Waals surface area contributed by atoms with Gasteiger partial charge in [0.05, 0.1) is 0 Å². The molecule has 1 fully saturated rings. The maximum atomic E-state index is 3.42. The first-order chi connectivity index (χ1) is 6.83. The fourth-order valence-corrected chi connectivity index (χ4v) is 2.13. The van der Waals surface area contributed by atoms with Gasteiger partial charge in [0.1, 0.15) is 0 Å². The van der Waals surface area contributed by atoms with Crippen LogP contribution in [0.2, 0.25) is 0 Å². The molecule has 1 heterocycles. The van der Waals surface area contributed by atoms with Crippen molar-refractivity contribution in [3.63, 3.8) is 0 Å². The molecule has 1 aromatic carbocycles. The van der Waals surface area contributed by atoms with E-state index < -0.39 is 0 Å². The van der Waals surface area contributed by atoms with Crippen molar-refractivity contribution in [2.75, 3.05) is 20.1 Å². The molecule has 0 radical (unpaired) electrons. The van der Waals surface area contributed by atoms with Gasteiger partial charge in [0.15, 0.2) is 0 Å². The lowest BCUT2D eigenvalue weighted by Gasteiger charge is -2.35. The van der Waals surface area contributed by atoms with Gasteiger partial charge in [0.2, 0.25) is 0 Å². The number of rotatable bonds is 3. The Bertz CT molecular complexity index is 305. The fourth-order valence-electron chi connectivity index (χ4n) is 2.13. The summed E-state index contributed by atoms with van der Waals surface area (Å²) in [5.74, 6) is 0.751. The zero-order valence-corrected chi connectivity index (χ0v) is 8.88. The zero-order chi connectivity index (χ0) is 9.97. The molecule has 1 aliphatic heterocycles. The molecular weight excluding hydrogens is 172 g/mol. The van der Waals surface area contributed by atoms with E-state index in [4.69, 9.17) is 0 Å². The number of aryl methyl sites for hydroxylation is 1. The fraction of sp³-hybridized carbons (Fsp3) is 0.500. The van der Waals surface area contributed by atoms with Crippen LogP contribution in [0.1, 0.15) is 17.2 Å². The molecule has 2 N–H and O–H groups in total. The molecule has 0 saturated carbocycles. The Labute approximate surface area is 85.7 Å². The lowest BCUT2D eigenvalue weighted by atomic mass is 9.87. The van der Waals surface area contributed by atoms with Gasteiger partial charge < -0.3 is 10.6 Å². The van der Waals surface area contributed by atoms with E-state index in [0.29, 0.717) is 6.04 Å². The van der Waals surface area contributed by atoms with Gasteiger partial charge in [-0.05, 0) is 25.1 Å². The summed E-state index contributed by atoms with van der Waals surface area (Å²) >= 11 is 0. The molecule has 2 nitrogen and oxygen atoms in total. The van der Waals surface area contributed by atoms with Gasteiger partial charge >= 0.3 is 0 Å². The minimum Gasteiger partial charge on any atom is -0.316 e. The van der Waals surface area contributed by atoms with Crippen molar-refractivity contribution >= 4 is 0 Å². The summed E-state index contributed by atoms with van der Waals surface area (Å²) in [6, 6.07) is 9.15. The minimum atomic E-state index is 0.512. The van der Waals surface area contributed by atoms with Gasteiger partial charge in [-0.25, -0.2) is 0 Å². The van der Waals surface area contributed by atoms with Crippen molar-refractivity contribution in [2.24, 2.45) is 5.92 Å². The van der Waals surface area contributed by atoms with Crippen LogP contribution in [0.15, 0.2) is 24.3 Å². The molecule has 1 saturated heterocycles. The summed E-state index contributed by atoms with van der Waals surface area (Å²) in [5.41, 5.74) is 2.83. The number of nitrogens with one attached hydrogen (secondary N) is 2. The molecule has 2 rings (SSSR count). The van der Waals surface area contributed by atoms with E-state index in [9.17, 15) is 0 Å². The Hall–Kier alpha value is -0.860. The van der Waals surface area contributed by atoms with Crippen LogP contribution in [0.3, 0.4) is 0 Å². The first-order valence-electron chi connectivity index (χ1n) is 5.26. The van der Waals surface area contributed by atoms with Crippen LogP contribution in [0.4, 0.5) is 0 Å². The summed E-state index contributed by atoms with van der Waals surface area (Å²) in [4.78, 5) is 0. The van der Waals surface area contributed by atoms with E-state index in [1.165, 1.54) is 11.1 Å². The van der Waals surface area contributed by atoms with Crippen LogP contribution in [-0.2, 0) is 0 Å². The van der Waals surface area contributed by atoms with Crippen molar-refractivity contribution in [3.8, 4) is 0 Å². The third-order valence-corrected chi connectivity index (χ3v) is 3.12. The Morgan fingerprint density at radius 3 is 2.57 bits per heavy atom. The number of benzene rings is 1. The first kappa shape index (κ1) is 9.69. The Balaban J connectivity index is 2.22. The zero-order valence-electron chi connectivity index (χ0n) is 8.88. The van der Waals surface area contributed by atoms with Crippen LogP contribution >= 0.6 is 0 Å². The maximum Gasteiger partial charge on any atom is 0.0373 e. The van der Waals surface area contributed by atoms with Crippen LogP contribution in [0, 0.1) is 12.8 Å². The molecule has 0 bridgehead atoms. The average Bonchev–Trinajstić information content (AvgIpc) is 2.12. The third-order valence-electron chi connectivity index (χ3n) is 3.12. The van der Waals surface area contributed by atoms with E-state index in [0.717, 1.165) is 19.0 Å². The van der Waals surface area contributed by atoms with Crippen LogP contribution in [-0.4, -0.2) is 20.1 Å². The predicted molar refractivity (Wildman–Crippen MR) is 59.3 cm³/mol. The van der Waals surface area contributed by atoms with Gasteiger partial charge in [0, 0.05) is 25.0 Å². The van der Waals surface area contributed by atoms with Crippen LogP contribution in [0.5, 0.6) is 0 Å². The van der Waals surface area contributed by atoms with Gasteiger partial charge in [-0.1, -0.05) is 24.3 Å². The SMILES string of the molecule is CNC(c1ccccc1C)C1CNC1. The van der Waals surface area contributed by atoms with Crippen molar-refractivity contribution in [1.29, 1.82) is 0 Å². The second-order valence-corrected chi connectivity index (χ2v) is 4.04. The monoisotopic (exact) mass is 190 g/mol. The standard InChI is InChI=1S/C12H18N2/c1-9-5-3-4-6-11(9)12(13-2)10-7-14-8-10/h3-6,10,12-14H,7-8H2,1-2H3. The van der Waals surface area contributed by atoms with Crippen molar-refractivity contribution in [3.05, 3.63) is 35.4 Å². The Morgan fingerprint density at radius 2 is 2.07 bits per heavy atom. The lowest BCUT2D eigenvalue weighted by Crippen LogP contribution is -2.48. The first-order valence-corrected chi connectivity index (χ1v) is 5.26. The van der Waals surface area contributed by atoms with E-state index in [1.54, 1.807) is 0 Å². The van der Waals surface area contributed by atoms with Crippen LogP contribution < -0.4 is 10.6 Å². The van der Waals surface area contributed by atoms with E-state index in [1.807, 2.05) is 0 Å². The topological polar surface area (TPSA) is 24.1 Å². The molecule has 0 aliphatic carbocycles. The van der Waals surface area contributed by atoms with Gasteiger partial charge in [0.25, 0.3) is 0 Å². The van der Waals surface area contributed by atoms with Gasteiger partial charge in [-0.15, -0.1) is 0 Å². The summed E-state index contributed by atoms with van der Waals surface area (Å²) in [6.07, 6.45) is 0. The highest BCUT2D eigenvalue weighted by Crippen LogP contribution is 2.26. The Morgan fingerprint density at radius 1 is 1.36 bits per heavy atom. The summed E-state index contributed by atoms with van der Waals surface area (Å²) in [5, 5.41) is 6.75. The number of hydrogen-bond donors (Lipinski definition) is 2. The molecule has 1 atom stereocenters. The van der Waals surface area contributed by atoms with Crippen LogP contribution in [0.25, 0.3) is 0 Å². The highest BCUT2D eigenvalue weighted by molar-refractivity contribution is 5.29. The van der Waals surface area contributed by atoms with E-state index in [-0.39, 0.29) is 0 Å². The minimum absolute atomic E-state index is 0.512. The smallest absolute Gasteiger partial charge is 0.0373 e. The lowest BCUT2D eigenvalue weighted by molar-refractivity contribution is 0.267. The third kappa shape index (κ3) is 1.68. The van der Waals surface area contributed by atoms with E-state index in [2.05, 4.69) is 48.9 Å². The van der Waals surface area contributed by atoms with Crippen molar-refractivity contribution in [1.82, 2.24) is 10.6 Å². The highest BCUT2D eigenvalue weighted by Gasteiger charge is 2.27. The average molecular weight is 190 g/mol. The molecule has 76 valence electrons. The van der Waals surface area contributed by atoms with Gasteiger partial charge in [-0.2, -0.15) is 0 Å². The maximum absolute atomic E-state index is 3.42. The molecule has 14 heavy (non-hydrogen) atoms. The summed E-state index contributed by atoms with van der Waals surface area (Å²) < 4.78 is 0. The predicted octanol–water partition coefficient (Wildman–Crippen LogP) is 1.47. The second kappa shape index (κ2) is 4.11. The number of hydrogen-bond acceptors (Lipinski definition) is 2. The molecular formula is C12H18N2. The molecule has 0 spiro atoms. The largest absolute Gasteiger partial charge is 0.316 e. The molecule has 1 aliphatic rings.